The number of benzene rings is 2. The molecule has 6 nitrogen and oxygen atoms in total. The molecule has 1 heterocycles. The third kappa shape index (κ3) is 5.14. The van der Waals surface area contributed by atoms with E-state index in [1.807, 2.05) is 11.8 Å². The molecule has 1 fully saturated rings. The lowest BCUT2D eigenvalue weighted by atomic mass is 10.2. The Morgan fingerprint density at radius 1 is 0.967 bits per heavy atom. The fourth-order valence-electron chi connectivity index (χ4n) is 3.54. The van der Waals surface area contributed by atoms with Gasteiger partial charge in [-0.25, -0.2) is 8.42 Å². The van der Waals surface area contributed by atoms with Gasteiger partial charge in [0.05, 0.1) is 10.6 Å². The van der Waals surface area contributed by atoms with E-state index in [2.05, 4.69) is 0 Å². The van der Waals surface area contributed by atoms with Crippen LogP contribution in [0, 0.1) is 6.92 Å². The Kier molecular flexibility index (Phi) is 7.02. The molecule has 7 heteroatoms. The summed E-state index contributed by atoms with van der Waals surface area (Å²) in [6, 6.07) is 13.5. The van der Waals surface area contributed by atoms with E-state index in [-0.39, 0.29) is 10.8 Å². The number of hydrogen-bond acceptors (Lipinski definition) is 4. The summed E-state index contributed by atoms with van der Waals surface area (Å²) < 4.78 is 32.8. The van der Waals surface area contributed by atoms with Crippen molar-refractivity contribution >= 4 is 21.6 Å². The Balaban J connectivity index is 1.66. The minimum atomic E-state index is -3.64. The molecule has 3 rings (SSSR count). The molecule has 1 amide bonds. The van der Waals surface area contributed by atoms with Gasteiger partial charge in [0.1, 0.15) is 5.75 Å². The van der Waals surface area contributed by atoms with Gasteiger partial charge in [-0.3, -0.25) is 9.10 Å². The van der Waals surface area contributed by atoms with Crippen LogP contribution in [-0.4, -0.2) is 45.5 Å². The largest absolute Gasteiger partial charge is 0.481 e. The number of ether oxygens (including phenoxy) is 1. The number of anilines is 1. The molecule has 0 radical (unpaired) electrons. The molecular weight excluding hydrogens is 400 g/mol. The van der Waals surface area contributed by atoms with Gasteiger partial charge in [-0.1, -0.05) is 30.5 Å². The highest BCUT2D eigenvalue weighted by Gasteiger charge is 2.24. The smallest absolute Gasteiger partial charge is 0.264 e. The van der Waals surface area contributed by atoms with Crippen LogP contribution >= 0.6 is 0 Å². The second-order valence-corrected chi connectivity index (χ2v) is 9.75. The predicted octanol–water partition coefficient (Wildman–Crippen LogP) is 3.99. The third-order valence-electron chi connectivity index (χ3n) is 5.46. The second-order valence-electron chi connectivity index (χ2n) is 7.78. The van der Waals surface area contributed by atoms with E-state index in [1.165, 1.54) is 24.2 Å². The number of rotatable bonds is 6. The Labute approximate surface area is 179 Å². The minimum absolute atomic E-state index is 0.0000402. The van der Waals surface area contributed by atoms with Crippen molar-refractivity contribution < 1.29 is 17.9 Å². The van der Waals surface area contributed by atoms with Crippen LogP contribution in [0.3, 0.4) is 0 Å². The zero-order chi connectivity index (χ0) is 21.7. The van der Waals surface area contributed by atoms with Gasteiger partial charge >= 0.3 is 0 Å². The highest BCUT2D eigenvalue weighted by Crippen LogP contribution is 2.25. The molecule has 1 unspecified atom stereocenters. The maximum absolute atomic E-state index is 12.8. The third-order valence-corrected chi connectivity index (χ3v) is 7.26. The van der Waals surface area contributed by atoms with Crippen LogP contribution in [0.2, 0.25) is 0 Å². The lowest BCUT2D eigenvalue weighted by Crippen LogP contribution is -2.41. The van der Waals surface area contributed by atoms with Crippen molar-refractivity contribution in [1.82, 2.24) is 4.90 Å². The monoisotopic (exact) mass is 430 g/mol. The quantitative estimate of drug-likeness (QED) is 0.695. The molecule has 2 aromatic carbocycles. The summed E-state index contributed by atoms with van der Waals surface area (Å²) in [4.78, 5) is 14.8. The lowest BCUT2D eigenvalue weighted by Gasteiger charge is -2.25. The highest BCUT2D eigenvalue weighted by atomic mass is 32.2. The first-order chi connectivity index (χ1) is 14.3. The van der Waals surface area contributed by atoms with Gasteiger partial charge in [0, 0.05) is 20.1 Å². The van der Waals surface area contributed by atoms with Crippen LogP contribution in [0.15, 0.2) is 53.4 Å². The van der Waals surface area contributed by atoms with E-state index < -0.39 is 16.1 Å². The van der Waals surface area contributed by atoms with Crippen molar-refractivity contribution in [3.05, 3.63) is 54.1 Å². The Hall–Kier alpha value is -2.54. The fourth-order valence-corrected chi connectivity index (χ4v) is 4.74. The predicted molar refractivity (Wildman–Crippen MR) is 118 cm³/mol. The summed E-state index contributed by atoms with van der Waals surface area (Å²) in [6.07, 6.45) is 3.83. The number of nitrogens with zero attached hydrogens (tertiary/aromatic N) is 2. The molecule has 0 aromatic heterocycles. The van der Waals surface area contributed by atoms with Gasteiger partial charge in [0.25, 0.3) is 15.9 Å². The highest BCUT2D eigenvalue weighted by molar-refractivity contribution is 7.92. The molecule has 0 aliphatic carbocycles. The SMILES string of the molecule is Cc1ccc(S(=O)(=O)N(C)c2ccc(OC(C)C(=O)N3CCCCCC3)cc2)cc1. The summed E-state index contributed by atoms with van der Waals surface area (Å²) in [6.45, 7) is 5.24. The number of hydrogen-bond donors (Lipinski definition) is 0. The van der Waals surface area contributed by atoms with Crippen LogP contribution in [0.5, 0.6) is 5.75 Å². The molecule has 2 aromatic rings. The zero-order valence-electron chi connectivity index (χ0n) is 17.9. The summed E-state index contributed by atoms with van der Waals surface area (Å²) in [5, 5.41) is 0. The first-order valence-corrected chi connectivity index (χ1v) is 11.8. The van der Waals surface area contributed by atoms with E-state index in [4.69, 9.17) is 4.74 Å². The van der Waals surface area contributed by atoms with Gasteiger partial charge < -0.3 is 9.64 Å². The zero-order valence-corrected chi connectivity index (χ0v) is 18.7. The van der Waals surface area contributed by atoms with Crippen LogP contribution in [0.25, 0.3) is 0 Å². The average molecular weight is 431 g/mol. The summed E-state index contributed by atoms with van der Waals surface area (Å²) in [7, 11) is -2.12. The maximum atomic E-state index is 12.8. The van der Waals surface area contributed by atoms with Gasteiger partial charge in [-0.2, -0.15) is 0 Å². The summed E-state index contributed by atoms with van der Waals surface area (Å²) in [5.41, 5.74) is 1.52. The molecule has 1 aliphatic rings. The number of likely N-dealkylation sites (tertiary alicyclic amines) is 1. The average Bonchev–Trinajstić information content (AvgIpc) is 3.03. The van der Waals surface area contributed by atoms with Crippen molar-refractivity contribution in [3.63, 3.8) is 0 Å². The van der Waals surface area contributed by atoms with Crippen LogP contribution in [0.4, 0.5) is 5.69 Å². The van der Waals surface area contributed by atoms with Crippen molar-refractivity contribution in [3.8, 4) is 5.75 Å². The van der Waals surface area contributed by atoms with Gasteiger partial charge in [-0.05, 0) is 63.1 Å². The van der Waals surface area contributed by atoms with Gasteiger partial charge in [0.2, 0.25) is 0 Å². The molecule has 1 atom stereocenters. The first kappa shape index (κ1) is 22.2. The number of carbonyl (C=O) groups excluding carboxylic acids is 1. The van der Waals surface area contributed by atoms with Crippen LogP contribution < -0.4 is 9.04 Å². The molecule has 30 heavy (non-hydrogen) atoms. The molecular formula is C23H30N2O4S. The normalized spacial score (nSPS) is 15.9. The molecule has 0 N–H and O–H groups in total. The minimum Gasteiger partial charge on any atom is -0.481 e. The first-order valence-electron chi connectivity index (χ1n) is 10.4. The van der Waals surface area contributed by atoms with E-state index >= 15 is 0 Å². The summed E-state index contributed by atoms with van der Waals surface area (Å²) >= 11 is 0. The Morgan fingerprint density at radius 3 is 2.10 bits per heavy atom. The number of sulfonamides is 1. The number of carbonyl (C=O) groups is 1. The van der Waals surface area contributed by atoms with Crippen LogP contribution in [0.1, 0.15) is 38.2 Å². The second kappa shape index (κ2) is 9.51. The maximum Gasteiger partial charge on any atom is 0.264 e. The fraction of sp³-hybridized carbons (Fsp3) is 0.435. The summed E-state index contributed by atoms with van der Waals surface area (Å²) in [5.74, 6) is 0.538. The number of aryl methyl sites for hydroxylation is 1. The van der Waals surface area contributed by atoms with Crippen molar-refractivity contribution in [1.29, 1.82) is 0 Å². The topological polar surface area (TPSA) is 66.9 Å². The van der Waals surface area contributed by atoms with E-state index in [1.54, 1.807) is 55.5 Å². The lowest BCUT2D eigenvalue weighted by molar-refractivity contribution is -0.137. The molecule has 0 bridgehead atoms. The van der Waals surface area contributed by atoms with E-state index in [0.717, 1.165) is 31.5 Å². The molecule has 1 saturated heterocycles. The van der Waals surface area contributed by atoms with E-state index in [0.29, 0.717) is 11.4 Å². The van der Waals surface area contributed by atoms with Crippen molar-refractivity contribution in [2.75, 3.05) is 24.4 Å². The van der Waals surface area contributed by atoms with Crippen LogP contribution in [-0.2, 0) is 14.8 Å². The standard InChI is InChI=1S/C23H30N2O4S/c1-18-8-14-22(15-9-18)30(27,28)24(3)20-10-12-21(13-11-20)29-19(2)23(26)25-16-6-4-5-7-17-25/h8-15,19H,4-7,16-17H2,1-3H3. The molecule has 1 aliphatic heterocycles. The van der Waals surface area contributed by atoms with Gasteiger partial charge in [-0.15, -0.1) is 0 Å². The van der Waals surface area contributed by atoms with Crippen molar-refractivity contribution in [2.24, 2.45) is 0 Å². The van der Waals surface area contributed by atoms with Crippen molar-refractivity contribution in [2.45, 2.75) is 50.5 Å². The Bertz CT molecular complexity index is 948. The Morgan fingerprint density at radius 2 is 1.53 bits per heavy atom. The molecule has 0 spiro atoms. The van der Waals surface area contributed by atoms with E-state index in [9.17, 15) is 13.2 Å². The molecule has 162 valence electrons. The van der Waals surface area contributed by atoms with Gasteiger partial charge in [0.15, 0.2) is 6.10 Å². The molecule has 0 saturated carbocycles. The number of amides is 1.